The molecule has 2 atom stereocenters. The fourth-order valence-corrected chi connectivity index (χ4v) is 3.78. The van der Waals surface area contributed by atoms with E-state index in [-0.39, 0.29) is 0 Å². The van der Waals surface area contributed by atoms with E-state index in [1.54, 1.807) is 0 Å². The second-order valence-corrected chi connectivity index (χ2v) is 6.24. The van der Waals surface area contributed by atoms with Gasteiger partial charge in [-0.2, -0.15) is 0 Å². The van der Waals surface area contributed by atoms with Crippen LogP contribution in [0.2, 0.25) is 0 Å². The Labute approximate surface area is 111 Å². The Morgan fingerprint density at radius 3 is 2.50 bits per heavy atom. The molecular weight excluding hydrogens is 226 g/mol. The number of nitrogens with one attached hydrogen (secondary N) is 1. The van der Waals surface area contributed by atoms with E-state index in [2.05, 4.69) is 29.3 Å². The molecule has 0 amide bonds. The van der Waals surface area contributed by atoms with Crippen LogP contribution in [0.15, 0.2) is 0 Å². The summed E-state index contributed by atoms with van der Waals surface area (Å²) in [5.74, 6) is 0. The van der Waals surface area contributed by atoms with E-state index in [1.165, 1.54) is 38.8 Å². The van der Waals surface area contributed by atoms with Crippen molar-refractivity contribution >= 4 is 0 Å². The number of ether oxygens (including phenoxy) is 1. The van der Waals surface area contributed by atoms with Crippen molar-refractivity contribution in [2.45, 2.75) is 44.8 Å². The van der Waals surface area contributed by atoms with E-state index in [0.717, 1.165) is 19.7 Å². The summed E-state index contributed by atoms with van der Waals surface area (Å²) in [7, 11) is 2.21. The van der Waals surface area contributed by atoms with E-state index in [0.29, 0.717) is 17.6 Å². The van der Waals surface area contributed by atoms with E-state index in [1.807, 2.05) is 0 Å². The lowest BCUT2D eigenvalue weighted by Crippen LogP contribution is -2.70. The summed E-state index contributed by atoms with van der Waals surface area (Å²) in [6.45, 7) is 7.66. The highest BCUT2D eigenvalue weighted by Crippen LogP contribution is 2.57. The lowest BCUT2D eigenvalue weighted by atomic mass is 9.51. The van der Waals surface area contributed by atoms with Gasteiger partial charge < -0.3 is 9.64 Å². The molecule has 2 aliphatic carbocycles. The number of rotatable bonds is 4. The number of hydrazine groups is 1. The van der Waals surface area contributed by atoms with Crippen LogP contribution in [0.25, 0.3) is 0 Å². The van der Waals surface area contributed by atoms with Crippen LogP contribution in [-0.4, -0.2) is 61.9 Å². The van der Waals surface area contributed by atoms with Gasteiger partial charge in [0, 0.05) is 44.2 Å². The van der Waals surface area contributed by atoms with Gasteiger partial charge in [-0.25, -0.2) is 5.01 Å². The summed E-state index contributed by atoms with van der Waals surface area (Å²) in [5.41, 5.74) is 4.27. The molecule has 1 spiro atoms. The zero-order chi connectivity index (χ0) is 12.6. The van der Waals surface area contributed by atoms with Crippen molar-refractivity contribution in [3.63, 3.8) is 0 Å². The average molecular weight is 253 g/mol. The van der Waals surface area contributed by atoms with Crippen molar-refractivity contribution in [3.05, 3.63) is 0 Å². The molecule has 4 nitrogen and oxygen atoms in total. The topological polar surface area (TPSA) is 27.7 Å². The highest BCUT2D eigenvalue weighted by molar-refractivity contribution is 5.11. The predicted molar refractivity (Wildman–Crippen MR) is 72.3 cm³/mol. The summed E-state index contributed by atoms with van der Waals surface area (Å²) in [6, 6.07) is 0.672. The average Bonchev–Trinajstić information content (AvgIpc) is 2.28. The van der Waals surface area contributed by atoms with Crippen molar-refractivity contribution in [2.75, 3.05) is 39.8 Å². The number of piperazine rings is 1. The van der Waals surface area contributed by atoms with Crippen LogP contribution >= 0.6 is 0 Å². The summed E-state index contributed by atoms with van der Waals surface area (Å²) in [4.78, 5) is 2.40. The van der Waals surface area contributed by atoms with Gasteiger partial charge in [-0.15, -0.1) is 0 Å². The van der Waals surface area contributed by atoms with Crippen LogP contribution in [0.5, 0.6) is 0 Å². The minimum atomic E-state index is 0.485. The monoisotopic (exact) mass is 253 g/mol. The number of hydrogen-bond donors (Lipinski definition) is 1. The van der Waals surface area contributed by atoms with Gasteiger partial charge >= 0.3 is 0 Å². The fraction of sp³-hybridized carbons (Fsp3) is 1.00. The molecule has 2 unspecified atom stereocenters. The highest BCUT2D eigenvalue weighted by atomic mass is 16.5. The Hall–Kier alpha value is -0.160. The first kappa shape index (κ1) is 12.9. The SMILES string of the molecule is CCOC1CC(NN2CCN(C)CC2)C12CCC2. The molecule has 0 radical (unpaired) electrons. The van der Waals surface area contributed by atoms with Crippen molar-refractivity contribution in [3.8, 4) is 0 Å². The zero-order valence-corrected chi connectivity index (χ0v) is 11.8. The van der Waals surface area contributed by atoms with Gasteiger partial charge in [0.05, 0.1) is 6.10 Å². The molecule has 1 N–H and O–H groups in total. The molecule has 3 aliphatic rings. The van der Waals surface area contributed by atoms with Crippen LogP contribution in [-0.2, 0) is 4.74 Å². The Balaban J connectivity index is 1.52. The van der Waals surface area contributed by atoms with Gasteiger partial charge in [-0.3, -0.25) is 5.43 Å². The third-order valence-corrected chi connectivity index (χ3v) is 5.28. The Morgan fingerprint density at radius 2 is 1.94 bits per heavy atom. The van der Waals surface area contributed by atoms with Gasteiger partial charge in [0.15, 0.2) is 0 Å². The minimum absolute atomic E-state index is 0.485. The molecule has 1 heterocycles. The molecule has 1 saturated heterocycles. The molecule has 0 aromatic rings. The largest absolute Gasteiger partial charge is 0.378 e. The van der Waals surface area contributed by atoms with Crippen LogP contribution < -0.4 is 5.43 Å². The van der Waals surface area contributed by atoms with Crippen LogP contribution in [0, 0.1) is 5.41 Å². The minimum Gasteiger partial charge on any atom is -0.378 e. The molecule has 0 aromatic carbocycles. The normalized spacial score (nSPS) is 36.3. The van der Waals surface area contributed by atoms with Gasteiger partial charge in [0.1, 0.15) is 0 Å². The van der Waals surface area contributed by atoms with Gasteiger partial charge in [-0.1, -0.05) is 6.42 Å². The third kappa shape index (κ3) is 2.09. The van der Waals surface area contributed by atoms with Crippen LogP contribution in [0.1, 0.15) is 32.6 Å². The second-order valence-electron chi connectivity index (χ2n) is 6.24. The molecule has 1 aliphatic heterocycles. The molecule has 3 fully saturated rings. The molecule has 104 valence electrons. The van der Waals surface area contributed by atoms with E-state index < -0.39 is 0 Å². The van der Waals surface area contributed by atoms with Crippen molar-refractivity contribution < 1.29 is 4.74 Å². The number of likely N-dealkylation sites (N-methyl/N-ethyl adjacent to an activating group) is 1. The first-order chi connectivity index (χ1) is 8.74. The predicted octanol–water partition coefficient (Wildman–Crippen LogP) is 1.09. The Kier molecular flexibility index (Phi) is 3.63. The maximum absolute atomic E-state index is 5.91. The van der Waals surface area contributed by atoms with E-state index in [9.17, 15) is 0 Å². The Bertz CT molecular complexity index is 285. The summed E-state index contributed by atoms with van der Waals surface area (Å²) >= 11 is 0. The Morgan fingerprint density at radius 1 is 1.22 bits per heavy atom. The van der Waals surface area contributed by atoms with Gasteiger partial charge in [0.25, 0.3) is 0 Å². The van der Waals surface area contributed by atoms with E-state index in [4.69, 9.17) is 4.74 Å². The number of nitrogens with zero attached hydrogens (tertiary/aromatic N) is 2. The van der Waals surface area contributed by atoms with E-state index >= 15 is 0 Å². The first-order valence-electron chi connectivity index (χ1n) is 7.56. The zero-order valence-electron chi connectivity index (χ0n) is 11.8. The number of hydrogen-bond acceptors (Lipinski definition) is 4. The fourth-order valence-electron chi connectivity index (χ4n) is 3.78. The third-order valence-electron chi connectivity index (χ3n) is 5.28. The first-order valence-corrected chi connectivity index (χ1v) is 7.56. The van der Waals surface area contributed by atoms with Crippen molar-refractivity contribution in [1.82, 2.24) is 15.3 Å². The van der Waals surface area contributed by atoms with Crippen molar-refractivity contribution in [2.24, 2.45) is 5.41 Å². The molecule has 18 heavy (non-hydrogen) atoms. The highest BCUT2D eigenvalue weighted by Gasteiger charge is 2.59. The molecule has 2 saturated carbocycles. The molecular formula is C14H27N3O. The summed E-state index contributed by atoms with van der Waals surface area (Å²) < 4.78 is 5.91. The second kappa shape index (κ2) is 5.08. The van der Waals surface area contributed by atoms with Crippen LogP contribution in [0.4, 0.5) is 0 Å². The summed E-state index contributed by atoms with van der Waals surface area (Å²) in [6.07, 6.45) is 5.86. The molecule has 3 rings (SSSR count). The molecule has 0 bridgehead atoms. The van der Waals surface area contributed by atoms with Gasteiger partial charge in [0.2, 0.25) is 0 Å². The lowest BCUT2D eigenvalue weighted by molar-refractivity contribution is -0.187. The van der Waals surface area contributed by atoms with Crippen LogP contribution in [0.3, 0.4) is 0 Å². The van der Waals surface area contributed by atoms with Gasteiger partial charge in [-0.05, 0) is 33.2 Å². The molecule has 0 aromatic heterocycles. The molecule has 4 heteroatoms. The maximum atomic E-state index is 5.91. The summed E-state index contributed by atoms with van der Waals surface area (Å²) in [5, 5.41) is 2.44. The van der Waals surface area contributed by atoms with Crippen molar-refractivity contribution in [1.29, 1.82) is 0 Å². The lowest BCUT2D eigenvalue weighted by Gasteiger charge is -2.62. The maximum Gasteiger partial charge on any atom is 0.0662 e. The smallest absolute Gasteiger partial charge is 0.0662 e. The quantitative estimate of drug-likeness (QED) is 0.811. The standard InChI is InChI=1S/C14H27N3O/c1-3-18-13-11-12(14(13)5-4-6-14)15-17-9-7-16(2)8-10-17/h12-13,15H,3-11H2,1-2H3.